The van der Waals surface area contributed by atoms with E-state index in [2.05, 4.69) is 11.4 Å². The zero-order chi connectivity index (χ0) is 15.4. The van der Waals surface area contributed by atoms with E-state index in [9.17, 15) is 4.79 Å². The Morgan fingerprint density at radius 1 is 1.43 bits per heavy atom. The van der Waals surface area contributed by atoms with Gasteiger partial charge in [-0.2, -0.15) is 5.26 Å². The third-order valence-electron chi connectivity index (χ3n) is 3.03. The molecule has 5 nitrogen and oxygen atoms in total. The van der Waals surface area contributed by atoms with E-state index in [1.165, 1.54) is 11.3 Å². The van der Waals surface area contributed by atoms with E-state index in [1.54, 1.807) is 24.3 Å². The Hall–Kier alpha value is -2.52. The zero-order valence-corrected chi connectivity index (χ0v) is 12.6. The number of hydrogen-bond donors (Lipinski definition) is 2. The monoisotopic (exact) mass is 301 g/mol. The molecule has 0 unspecified atom stereocenters. The molecule has 1 amide bonds. The number of rotatable bonds is 4. The number of benzene rings is 1. The van der Waals surface area contributed by atoms with E-state index < -0.39 is 0 Å². The van der Waals surface area contributed by atoms with Crippen molar-refractivity contribution in [3.8, 4) is 11.8 Å². The standard InChI is InChI=1S/C15H15N3O2S/c1-9-10(2)21-15(11(9)7-16)18-14(19)8-20-13-6-4-3-5-12(13)17/h3-6H,8,17H2,1-2H3,(H,18,19). The minimum atomic E-state index is -0.323. The average Bonchev–Trinajstić information content (AvgIpc) is 2.72. The zero-order valence-electron chi connectivity index (χ0n) is 11.8. The number of nitriles is 1. The third kappa shape index (κ3) is 3.33. The van der Waals surface area contributed by atoms with Crippen LogP contribution in [0.5, 0.6) is 5.75 Å². The lowest BCUT2D eigenvalue weighted by atomic mass is 10.2. The van der Waals surface area contributed by atoms with Gasteiger partial charge in [-0.3, -0.25) is 4.79 Å². The number of hydrogen-bond acceptors (Lipinski definition) is 5. The van der Waals surface area contributed by atoms with Crippen LogP contribution in [-0.2, 0) is 4.79 Å². The lowest BCUT2D eigenvalue weighted by Crippen LogP contribution is -2.20. The second-order valence-corrected chi connectivity index (χ2v) is 5.70. The van der Waals surface area contributed by atoms with E-state index in [4.69, 9.17) is 15.7 Å². The number of aryl methyl sites for hydroxylation is 1. The summed E-state index contributed by atoms with van der Waals surface area (Å²) >= 11 is 1.38. The number of ether oxygens (including phenoxy) is 1. The highest BCUT2D eigenvalue weighted by Gasteiger charge is 2.15. The molecule has 1 aromatic carbocycles. The highest BCUT2D eigenvalue weighted by Crippen LogP contribution is 2.31. The number of nitrogens with zero attached hydrogens (tertiary/aromatic N) is 1. The van der Waals surface area contributed by atoms with Gasteiger partial charge in [0, 0.05) is 4.88 Å². The van der Waals surface area contributed by atoms with Gasteiger partial charge in [0.1, 0.15) is 16.8 Å². The van der Waals surface area contributed by atoms with Crippen molar-refractivity contribution in [3.05, 3.63) is 40.3 Å². The molecule has 0 radical (unpaired) electrons. The summed E-state index contributed by atoms with van der Waals surface area (Å²) in [6.45, 7) is 3.62. The number of nitrogen functional groups attached to an aromatic ring is 1. The average molecular weight is 301 g/mol. The molecule has 0 aliphatic heterocycles. The van der Waals surface area contributed by atoms with Crippen LogP contribution in [-0.4, -0.2) is 12.5 Å². The van der Waals surface area contributed by atoms with Crippen molar-refractivity contribution in [1.82, 2.24) is 0 Å². The SMILES string of the molecule is Cc1sc(NC(=O)COc2ccccc2N)c(C#N)c1C. The summed E-state index contributed by atoms with van der Waals surface area (Å²) in [6.07, 6.45) is 0. The first kappa shape index (κ1) is 14.9. The van der Waals surface area contributed by atoms with Crippen LogP contribution in [0.3, 0.4) is 0 Å². The van der Waals surface area contributed by atoms with E-state index >= 15 is 0 Å². The first-order valence-corrected chi connectivity index (χ1v) is 7.11. The van der Waals surface area contributed by atoms with Gasteiger partial charge in [0.25, 0.3) is 5.91 Å². The van der Waals surface area contributed by atoms with Crippen molar-refractivity contribution in [2.75, 3.05) is 17.7 Å². The number of carbonyl (C=O) groups is 1. The maximum atomic E-state index is 11.9. The summed E-state index contributed by atoms with van der Waals surface area (Å²) in [4.78, 5) is 12.9. The quantitative estimate of drug-likeness (QED) is 0.850. The van der Waals surface area contributed by atoms with Crippen molar-refractivity contribution < 1.29 is 9.53 Å². The number of anilines is 2. The Morgan fingerprint density at radius 3 is 2.81 bits per heavy atom. The molecule has 0 saturated heterocycles. The molecule has 2 rings (SSSR count). The molecule has 1 heterocycles. The fourth-order valence-electron chi connectivity index (χ4n) is 1.77. The topological polar surface area (TPSA) is 88.1 Å². The van der Waals surface area contributed by atoms with Crippen LogP contribution in [0.4, 0.5) is 10.7 Å². The van der Waals surface area contributed by atoms with Crippen LogP contribution >= 0.6 is 11.3 Å². The largest absolute Gasteiger partial charge is 0.482 e. The summed E-state index contributed by atoms with van der Waals surface area (Å²) in [6, 6.07) is 9.08. The molecular formula is C15H15N3O2S. The number of nitrogens with one attached hydrogen (secondary N) is 1. The fourth-order valence-corrected chi connectivity index (χ4v) is 2.79. The summed E-state index contributed by atoms with van der Waals surface area (Å²) < 4.78 is 5.37. The first-order valence-electron chi connectivity index (χ1n) is 6.30. The molecule has 0 spiro atoms. The highest BCUT2D eigenvalue weighted by molar-refractivity contribution is 7.16. The minimum Gasteiger partial charge on any atom is -0.482 e. The maximum Gasteiger partial charge on any atom is 0.262 e. The predicted octanol–water partition coefficient (Wildman–Crippen LogP) is 2.84. The number of carbonyl (C=O) groups excluding carboxylic acids is 1. The van der Waals surface area contributed by atoms with Gasteiger partial charge >= 0.3 is 0 Å². The predicted molar refractivity (Wildman–Crippen MR) is 83.5 cm³/mol. The lowest BCUT2D eigenvalue weighted by molar-refractivity contribution is -0.118. The molecule has 0 bridgehead atoms. The Morgan fingerprint density at radius 2 is 2.14 bits per heavy atom. The Kier molecular flexibility index (Phi) is 4.45. The van der Waals surface area contributed by atoms with E-state index in [-0.39, 0.29) is 12.5 Å². The van der Waals surface area contributed by atoms with Crippen LogP contribution in [0.25, 0.3) is 0 Å². The van der Waals surface area contributed by atoms with E-state index in [0.29, 0.717) is 22.0 Å². The summed E-state index contributed by atoms with van der Waals surface area (Å²) in [7, 11) is 0. The van der Waals surface area contributed by atoms with Crippen molar-refractivity contribution in [2.45, 2.75) is 13.8 Å². The van der Waals surface area contributed by atoms with Crippen molar-refractivity contribution >= 4 is 27.9 Å². The summed E-state index contributed by atoms with van der Waals surface area (Å²) in [5, 5.41) is 12.4. The third-order valence-corrected chi connectivity index (χ3v) is 4.15. The Labute approximate surface area is 127 Å². The van der Waals surface area contributed by atoms with Crippen molar-refractivity contribution in [3.63, 3.8) is 0 Å². The number of thiophene rings is 1. The molecule has 0 atom stereocenters. The van der Waals surface area contributed by atoms with Gasteiger partial charge in [0.15, 0.2) is 6.61 Å². The van der Waals surface area contributed by atoms with Gasteiger partial charge in [-0.15, -0.1) is 11.3 Å². The second-order valence-electron chi connectivity index (χ2n) is 4.47. The summed E-state index contributed by atoms with van der Waals surface area (Å²) in [5.41, 5.74) is 7.61. The van der Waals surface area contributed by atoms with Gasteiger partial charge in [0.2, 0.25) is 0 Å². The van der Waals surface area contributed by atoms with Crippen molar-refractivity contribution in [2.24, 2.45) is 0 Å². The first-order chi connectivity index (χ1) is 10.0. The van der Waals surface area contributed by atoms with E-state index in [1.807, 2.05) is 13.8 Å². The number of amides is 1. The molecule has 1 aromatic heterocycles. The van der Waals surface area contributed by atoms with Crippen LogP contribution in [0.1, 0.15) is 16.0 Å². The Balaban J connectivity index is 2.02. The van der Waals surface area contributed by atoms with E-state index in [0.717, 1.165) is 10.4 Å². The minimum absolute atomic E-state index is 0.158. The number of nitrogens with two attached hydrogens (primary N) is 1. The van der Waals surface area contributed by atoms with Crippen molar-refractivity contribution in [1.29, 1.82) is 5.26 Å². The maximum absolute atomic E-state index is 11.9. The van der Waals surface area contributed by atoms with Crippen LogP contribution < -0.4 is 15.8 Å². The number of para-hydroxylation sites is 2. The smallest absolute Gasteiger partial charge is 0.262 e. The molecule has 21 heavy (non-hydrogen) atoms. The highest BCUT2D eigenvalue weighted by atomic mass is 32.1. The molecule has 3 N–H and O–H groups in total. The normalized spacial score (nSPS) is 9.95. The second kappa shape index (κ2) is 6.29. The summed E-state index contributed by atoms with van der Waals surface area (Å²) in [5.74, 6) is 0.141. The molecule has 2 aromatic rings. The molecule has 0 aliphatic rings. The molecule has 108 valence electrons. The molecule has 0 saturated carbocycles. The Bertz CT molecular complexity index is 716. The van der Waals surface area contributed by atoms with Gasteiger partial charge in [-0.05, 0) is 31.5 Å². The van der Waals surface area contributed by atoms with Gasteiger partial charge < -0.3 is 15.8 Å². The van der Waals surface area contributed by atoms with Crippen LogP contribution in [0, 0.1) is 25.2 Å². The fraction of sp³-hybridized carbons (Fsp3) is 0.200. The van der Waals surface area contributed by atoms with Gasteiger partial charge in [-0.1, -0.05) is 12.1 Å². The molecule has 0 aliphatic carbocycles. The molecule has 0 fully saturated rings. The van der Waals surface area contributed by atoms with Crippen LogP contribution in [0.15, 0.2) is 24.3 Å². The molecule has 6 heteroatoms. The molecular weight excluding hydrogens is 286 g/mol. The lowest BCUT2D eigenvalue weighted by Gasteiger charge is -2.08. The van der Waals surface area contributed by atoms with Gasteiger partial charge in [-0.25, -0.2) is 0 Å². The van der Waals surface area contributed by atoms with Crippen LogP contribution in [0.2, 0.25) is 0 Å². The van der Waals surface area contributed by atoms with Gasteiger partial charge in [0.05, 0.1) is 11.3 Å².